The van der Waals surface area contributed by atoms with Crippen molar-refractivity contribution in [1.29, 1.82) is 0 Å². The summed E-state index contributed by atoms with van der Waals surface area (Å²) in [5, 5.41) is 0. The molecule has 0 N–H and O–H groups in total. The monoisotopic (exact) mass is 386 g/mol. The Hall–Kier alpha value is -2.86. The Labute approximate surface area is 165 Å². The van der Waals surface area contributed by atoms with Crippen LogP contribution in [0.2, 0.25) is 0 Å². The lowest BCUT2D eigenvalue weighted by Crippen LogP contribution is -2.11. The molecule has 0 aliphatic carbocycles. The molecule has 0 atom stereocenters. The highest BCUT2D eigenvalue weighted by molar-refractivity contribution is 5.92. The molecule has 6 nitrogen and oxygen atoms in total. The highest BCUT2D eigenvalue weighted by atomic mass is 16.5. The molecule has 2 aromatic carbocycles. The first-order valence-electron chi connectivity index (χ1n) is 9.29. The van der Waals surface area contributed by atoms with Crippen LogP contribution < -0.4 is 9.47 Å². The first-order valence-corrected chi connectivity index (χ1v) is 9.29. The SMILES string of the molecule is CCOCCOc1ccc(C(=O)Oc2ccc(C(=O)OCC(C)C)cc2)cc1. The second kappa shape index (κ2) is 11.1. The average Bonchev–Trinajstić information content (AvgIpc) is 2.70. The second-order valence-corrected chi connectivity index (χ2v) is 6.48. The van der Waals surface area contributed by atoms with E-state index in [1.807, 2.05) is 20.8 Å². The third-order valence-corrected chi connectivity index (χ3v) is 3.64. The number of ether oxygens (including phenoxy) is 4. The first-order chi connectivity index (χ1) is 13.5. The maximum absolute atomic E-state index is 12.2. The van der Waals surface area contributed by atoms with E-state index in [0.29, 0.717) is 49.1 Å². The quantitative estimate of drug-likeness (QED) is 0.347. The molecule has 0 saturated carbocycles. The maximum atomic E-state index is 12.2. The van der Waals surface area contributed by atoms with Crippen molar-refractivity contribution in [1.82, 2.24) is 0 Å². The molecule has 6 heteroatoms. The highest BCUT2D eigenvalue weighted by Crippen LogP contribution is 2.17. The topological polar surface area (TPSA) is 71.1 Å². The lowest BCUT2D eigenvalue weighted by molar-refractivity contribution is 0.0459. The Balaban J connectivity index is 1.87. The third kappa shape index (κ3) is 7.04. The minimum absolute atomic E-state index is 0.269. The molecule has 0 saturated heterocycles. The molecule has 150 valence electrons. The van der Waals surface area contributed by atoms with Crippen molar-refractivity contribution < 1.29 is 28.5 Å². The van der Waals surface area contributed by atoms with Crippen LogP contribution in [0.25, 0.3) is 0 Å². The number of hydrogen-bond donors (Lipinski definition) is 0. The molecule has 0 unspecified atom stereocenters. The van der Waals surface area contributed by atoms with Gasteiger partial charge in [0.05, 0.1) is 24.3 Å². The van der Waals surface area contributed by atoms with E-state index in [2.05, 4.69) is 0 Å². The van der Waals surface area contributed by atoms with E-state index < -0.39 is 11.9 Å². The van der Waals surface area contributed by atoms with Crippen LogP contribution in [0.5, 0.6) is 11.5 Å². The standard InChI is InChI=1S/C22H26O6/c1-4-25-13-14-26-19-9-5-18(6-10-19)22(24)28-20-11-7-17(8-12-20)21(23)27-15-16(2)3/h5-12,16H,4,13-15H2,1-3H3. The summed E-state index contributed by atoms with van der Waals surface area (Å²) in [6.45, 7) is 7.83. The molecule has 0 aromatic heterocycles. The van der Waals surface area contributed by atoms with E-state index >= 15 is 0 Å². The molecule has 0 bridgehead atoms. The number of carbonyl (C=O) groups is 2. The Kier molecular flexibility index (Phi) is 8.49. The minimum Gasteiger partial charge on any atom is -0.491 e. The fourth-order valence-corrected chi connectivity index (χ4v) is 2.20. The summed E-state index contributed by atoms with van der Waals surface area (Å²) < 4.78 is 21.2. The molecule has 0 radical (unpaired) electrons. The maximum Gasteiger partial charge on any atom is 0.343 e. The minimum atomic E-state index is -0.490. The Morgan fingerprint density at radius 1 is 0.821 bits per heavy atom. The molecule has 0 spiro atoms. The first kappa shape index (κ1) is 21.4. The van der Waals surface area contributed by atoms with E-state index in [9.17, 15) is 9.59 Å². The molecule has 0 amide bonds. The van der Waals surface area contributed by atoms with E-state index in [1.54, 1.807) is 48.5 Å². The molecule has 0 aliphatic heterocycles. The predicted octanol–water partition coefficient (Wildman–Crippen LogP) is 4.13. The van der Waals surface area contributed by atoms with E-state index in [-0.39, 0.29) is 5.92 Å². The van der Waals surface area contributed by atoms with Crippen LogP contribution in [0.15, 0.2) is 48.5 Å². The molecule has 28 heavy (non-hydrogen) atoms. The van der Waals surface area contributed by atoms with Crippen LogP contribution in [0.4, 0.5) is 0 Å². The van der Waals surface area contributed by atoms with Crippen molar-refractivity contribution in [3.63, 3.8) is 0 Å². The van der Waals surface area contributed by atoms with Gasteiger partial charge in [0.1, 0.15) is 18.1 Å². The van der Waals surface area contributed by atoms with Crippen molar-refractivity contribution >= 4 is 11.9 Å². The van der Waals surface area contributed by atoms with Gasteiger partial charge in [-0.15, -0.1) is 0 Å². The zero-order chi connectivity index (χ0) is 20.4. The van der Waals surface area contributed by atoms with Gasteiger partial charge in [0.15, 0.2) is 0 Å². The van der Waals surface area contributed by atoms with Crippen LogP contribution in [-0.4, -0.2) is 38.4 Å². The van der Waals surface area contributed by atoms with Crippen molar-refractivity contribution in [3.8, 4) is 11.5 Å². The van der Waals surface area contributed by atoms with Gasteiger partial charge in [-0.2, -0.15) is 0 Å². The van der Waals surface area contributed by atoms with Gasteiger partial charge in [0.25, 0.3) is 0 Å². The predicted molar refractivity (Wildman–Crippen MR) is 105 cm³/mol. The molecule has 2 aromatic rings. The summed E-state index contributed by atoms with van der Waals surface area (Å²) in [4.78, 5) is 24.1. The van der Waals surface area contributed by atoms with Gasteiger partial charge >= 0.3 is 11.9 Å². The smallest absolute Gasteiger partial charge is 0.343 e. The number of carbonyl (C=O) groups excluding carboxylic acids is 2. The summed E-state index contributed by atoms with van der Waals surface area (Å²) >= 11 is 0. The molecule has 0 heterocycles. The number of esters is 2. The van der Waals surface area contributed by atoms with Crippen LogP contribution in [0, 0.1) is 5.92 Å². The molecular weight excluding hydrogens is 360 g/mol. The van der Waals surface area contributed by atoms with Crippen molar-refractivity contribution in [3.05, 3.63) is 59.7 Å². The van der Waals surface area contributed by atoms with Gasteiger partial charge in [0.2, 0.25) is 0 Å². The van der Waals surface area contributed by atoms with Gasteiger partial charge < -0.3 is 18.9 Å². The van der Waals surface area contributed by atoms with Crippen molar-refractivity contribution in [2.24, 2.45) is 5.92 Å². The zero-order valence-electron chi connectivity index (χ0n) is 16.5. The Morgan fingerprint density at radius 2 is 1.39 bits per heavy atom. The fourth-order valence-electron chi connectivity index (χ4n) is 2.20. The molecule has 2 rings (SSSR count). The molecule has 0 aliphatic rings. The van der Waals surface area contributed by atoms with Crippen molar-refractivity contribution in [2.75, 3.05) is 26.4 Å². The van der Waals surface area contributed by atoms with E-state index in [1.165, 1.54) is 0 Å². The van der Waals surface area contributed by atoms with Crippen LogP contribution in [0.3, 0.4) is 0 Å². The van der Waals surface area contributed by atoms with E-state index in [4.69, 9.17) is 18.9 Å². The van der Waals surface area contributed by atoms with Gasteiger partial charge in [-0.25, -0.2) is 9.59 Å². The van der Waals surface area contributed by atoms with Gasteiger partial charge in [-0.05, 0) is 61.4 Å². The Morgan fingerprint density at radius 3 is 1.96 bits per heavy atom. The second-order valence-electron chi connectivity index (χ2n) is 6.48. The fraction of sp³-hybridized carbons (Fsp3) is 0.364. The average molecular weight is 386 g/mol. The number of rotatable bonds is 10. The molecular formula is C22H26O6. The number of hydrogen-bond acceptors (Lipinski definition) is 6. The van der Waals surface area contributed by atoms with Crippen LogP contribution >= 0.6 is 0 Å². The summed E-state index contributed by atoms with van der Waals surface area (Å²) in [7, 11) is 0. The number of benzene rings is 2. The summed E-state index contributed by atoms with van der Waals surface area (Å²) in [5.41, 5.74) is 0.812. The lowest BCUT2D eigenvalue weighted by Gasteiger charge is -2.09. The highest BCUT2D eigenvalue weighted by Gasteiger charge is 2.11. The third-order valence-electron chi connectivity index (χ3n) is 3.64. The summed E-state index contributed by atoms with van der Waals surface area (Å²) in [6, 6.07) is 12.9. The van der Waals surface area contributed by atoms with Gasteiger partial charge in [-0.1, -0.05) is 13.8 Å². The summed E-state index contributed by atoms with van der Waals surface area (Å²) in [5.74, 6) is 0.385. The van der Waals surface area contributed by atoms with Gasteiger partial charge in [-0.3, -0.25) is 0 Å². The van der Waals surface area contributed by atoms with Crippen molar-refractivity contribution in [2.45, 2.75) is 20.8 Å². The zero-order valence-corrected chi connectivity index (χ0v) is 16.5. The Bertz CT molecular complexity index is 750. The lowest BCUT2D eigenvalue weighted by atomic mass is 10.2. The molecule has 0 fully saturated rings. The summed E-state index contributed by atoms with van der Waals surface area (Å²) in [6.07, 6.45) is 0. The van der Waals surface area contributed by atoms with E-state index in [0.717, 1.165) is 0 Å². The van der Waals surface area contributed by atoms with Gasteiger partial charge in [0, 0.05) is 6.61 Å². The van der Waals surface area contributed by atoms with Crippen LogP contribution in [-0.2, 0) is 9.47 Å². The van der Waals surface area contributed by atoms with Crippen LogP contribution in [0.1, 0.15) is 41.5 Å². The largest absolute Gasteiger partial charge is 0.491 e. The normalized spacial score (nSPS) is 10.6.